The average molecular weight is 1080 g/mol. The predicted octanol–water partition coefficient (Wildman–Crippen LogP) is 9.17. The minimum atomic E-state index is -4.67. The van der Waals surface area contributed by atoms with E-state index in [1.54, 1.807) is 73.2 Å². The highest BCUT2D eigenvalue weighted by Crippen LogP contribution is 2.30. The zero-order valence-electron chi connectivity index (χ0n) is 43.6. The standard InChI is InChI=1S/C11H13N3O4.C9H10N2.C8H8N2O4.C8H10.C5H13NO2.C2H6O.CH3F.CH4.HNO3.H2O4S/c1-8-6-9(4-5-12(2)3)11(14(17)18)7-10(8)13(15)16;1-6-4-7-2-3-11-9(7)5-8(6)10;1-5-3-6(2)8(10(13)14)4-7(5)9(11)12;1-7-4-3-5-8(2)6-7;1-6(2)5(7-3)8-4;1-2-3;1-2;;2-1(3)4;1-5(2,3)4/h4-7H,1-3H3;2-5,11H,10H2,1H3;3-4H,1-2H3;3-6H,1-2H3;5H,1-4H3;3H,2H2,1H3;1H3;1H4;(H,2,3,4);(H2,1,2,3,4)/b5-4+;;;;;;;;;/i;;;;;;1D;;;. The molecule has 0 radical (unpaired) electrons. The number of hydrogen-bond acceptors (Lipinski definition) is 18. The summed E-state index contributed by atoms with van der Waals surface area (Å²) in [6, 6.07) is 19.4. The van der Waals surface area contributed by atoms with E-state index in [0.29, 0.717) is 22.3 Å². The normalized spacial score (nSPS) is 9.85. The van der Waals surface area contributed by atoms with Crippen molar-refractivity contribution in [2.24, 2.45) is 0 Å². The quantitative estimate of drug-likeness (QED) is 0.0263. The van der Waals surface area contributed by atoms with Crippen LogP contribution >= 0.6 is 0 Å². The second-order valence-corrected chi connectivity index (χ2v) is 15.5. The van der Waals surface area contributed by atoms with E-state index < -0.39 is 42.3 Å². The lowest BCUT2D eigenvalue weighted by atomic mass is 10.1. The smallest absolute Gasteiger partial charge is 0.394 e. The maximum atomic E-state index is 10.9. The first-order valence-electron chi connectivity index (χ1n) is 21.1. The Kier molecular flexibility index (Phi) is 39.1. The van der Waals surface area contributed by atoms with Gasteiger partial charge in [0, 0.05) is 69.0 Å². The number of anilines is 1. The first-order valence-corrected chi connectivity index (χ1v) is 21.8. The fourth-order valence-corrected chi connectivity index (χ4v) is 5.20. The molecular formula is C45H70FN9O18S. The molecular weight excluding hydrogens is 1010 g/mol. The molecule has 0 aliphatic heterocycles. The van der Waals surface area contributed by atoms with Gasteiger partial charge in [0.05, 0.1) is 45.9 Å². The highest BCUT2D eigenvalue weighted by Gasteiger charge is 2.21. The number of nitrogens with one attached hydrogen (secondary N) is 1. The number of hydrogen-bond donors (Lipinski definition) is 6. The van der Waals surface area contributed by atoms with Crippen molar-refractivity contribution in [3.05, 3.63) is 169 Å². The molecule has 1 heterocycles. The Balaban J connectivity index is -0.000000259. The molecule has 1 aromatic heterocycles. The van der Waals surface area contributed by atoms with E-state index in [2.05, 4.69) is 49.2 Å². The Morgan fingerprint density at radius 1 is 0.730 bits per heavy atom. The number of alkyl halides is 1. The van der Waals surface area contributed by atoms with Crippen molar-refractivity contribution in [1.82, 2.24) is 14.8 Å². The minimum absolute atomic E-state index is 0. The van der Waals surface area contributed by atoms with Crippen molar-refractivity contribution in [2.45, 2.75) is 62.3 Å². The lowest BCUT2D eigenvalue weighted by Gasteiger charge is -2.19. The number of H-pyrrole nitrogens is 1. The molecule has 416 valence electrons. The second-order valence-electron chi connectivity index (χ2n) is 14.6. The number of halogens is 1. The molecule has 0 saturated carbocycles. The molecule has 4 aromatic carbocycles. The summed E-state index contributed by atoms with van der Waals surface area (Å²) >= 11 is 0. The maximum absolute atomic E-state index is 10.9. The molecule has 0 unspecified atom stereocenters. The van der Waals surface area contributed by atoms with E-state index in [1.165, 1.54) is 28.6 Å². The van der Waals surface area contributed by atoms with Crippen molar-refractivity contribution < 1.29 is 67.9 Å². The van der Waals surface area contributed by atoms with Gasteiger partial charge in [-0.15, -0.1) is 10.1 Å². The van der Waals surface area contributed by atoms with Gasteiger partial charge in [-0.1, -0.05) is 42.8 Å². The van der Waals surface area contributed by atoms with Crippen molar-refractivity contribution >= 4 is 55.8 Å². The van der Waals surface area contributed by atoms with Crippen LogP contribution in [0.15, 0.2) is 79.1 Å². The largest absolute Gasteiger partial charge is 0.398 e. The van der Waals surface area contributed by atoms with Gasteiger partial charge in [-0.2, -0.15) is 8.42 Å². The first-order chi connectivity index (χ1) is 34.1. The number of nitro benzene ring substituents is 4. The van der Waals surface area contributed by atoms with Crippen molar-refractivity contribution in [3.63, 3.8) is 0 Å². The summed E-state index contributed by atoms with van der Waals surface area (Å²) < 4.78 is 56.8. The number of aromatic nitrogens is 1. The van der Waals surface area contributed by atoms with Gasteiger partial charge >= 0.3 is 10.4 Å². The summed E-state index contributed by atoms with van der Waals surface area (Å²) in [5.41, 5.74) is 12.1. The van der Waals surface area contributed by atoms with Gasteiger partial charge in [0.2, 0.25) is 6.41 Å². The van der Waals surface area contributed by atoms with E-state index in [1.807, 2.05) is 44.2 Å². The monoisotopic (exact) mass is 1080 g/mol. The van der Waals surface area contributed by atoms with E-state index in [4.69, 9.17) is 54.5 Å². The maximum Gasteiger partial charge on any atom is 0.394 e. The van der Waals surface area contributed by atoms with Crippen LogP contribution in [0.5, 0.6) is 0 Å². The van der Waals surface area contributed by atoms with Gasteiger partial charge in [-0.05, 0) is 116 Å². The van der Waals surface area contributed by atoms with Crippen LogP contribution in [0.2, 0.25) is 0 Å². The molecule has 74 heavy (non-hydrogen) atoms. The third kappa shape index (κ3) is 35.3. The van der Waals surface area contributed by atoms with Gasteiger partial charge in [0.15, 0.2) is 0 Å². The van der Waals surface area contributed by atoms with Crippen LogP contribution in [0.1, 0.15) is 54.7 Å². The van der Waals surface area contributed by atoms with E-state index in [0.717, 1.165) is 28.9 Å². The van der Waals surface area contributed by atoms with E-state index in [9.17, 15) is 44.8 Å². The summed E-state index contributed by atoms with van der Waals surface area (Å²) in [5, 5.41) is 65.0. The number of aryl methyl sites for hydroxylation is 6. The summed E-state index contributed by atoms with van der Waals surface area (Å²) in [7, 11) is 4.87. The van der Waals surface area contributed by atoms with Crippen LogP contribution in [0.3, 0.4) is 0 Å². The molecule has 29 heteroatoms. The molecule has 0 aliphatic carbocycles. The molecule has 5 aromatic rings. The van der Waals surface area contributed by atoms with E-state index >= 15 is 0 Å². The fraction of sp³-hybridized carbons (Fsp3) is 0.378. The lowest BCUT2D eigenvalue weighted by molar-refractivity contribution is -0.742. The fourth-order valence-electron chi connectivity index (χ4n) is 5.20. The number of aromatic amines is 1. The average Bonchev–Trinajstić information content (AvgIpc) is 3.70. The number of nitrogens with two attached hydrogens (primary N) is 1. The SMILES string of the molecule is C.CCO.COC(OC)N(C)C.Cc1cc(/C=C/N(C)C)c([N+](=O)[O-])cc1[N+](=O)[O-].Cc1cc(C)c([N+](=O)[O-])cc1[N+](=O)[O-].Cc1cc2cc[nH]c2cc1N.Cc1cccc(C)c1.O=S(=O)(O)O.O=[N+]([O-])O.[2H]CF. The minimum Gasteiger partial charge on any atom is -0.398 e. The number of ether oxygens (including phenoxy) is 2. The number of nitrogen functional groups attached to an aromatic ring is 1. The third-order valence-electron chi connectivity index (χ3n) is 8.14. The molecule has 0 spiro atoms. The van der Waals surface area contributed by atoms with Gasteiger partial charge in [-0.25, -0.2) is 0 Å². The van der Waals surface area contributed by atoms with Crippen LogP contribution in [-0.2, 0) is 19.9 Å². The highest BCUT2D eigenvalue weighted by molar-refractivity contribution is 7.79. The number of nitro groups is 4. The van der Waals surface area contributed by atoms with Crippen LogP contribution < -0.4 is 5.73 Å². The highest BCUT2D eigenvalue weighted by atomic mass is 32.3. The molecule has 0 atom stereocenters. The number of aliphatic hydroxyl groups excluding tert-OH is 1. The summed E-state index contributed by atoms with van der Waals surface area (Å²) in [5.74, 6) is 0. The number of benzene rings is 4. The molecule has 0 bridgehead atoms. The van der Waals surface area contributed by atoms with Gasteiger partial charge in [-0.3, -0.25) is 58.9 Å². The number of nitrogens with zero attached hydrogens (tertiary/aromatic N) is 7. The third-order valence-corrected chi connectivity index (χ3v) is 8.14. The molecule has 5 rings (SSSR count). The van der Waals surface area contributed by atoms with Crippen molar-refractivity contribution in [2.75, 3.05) is 61.9 Å². The Bertz CT molecular complexity index is 2550. The molecule has 27 nitrogen and oxygen atoms in total. The van der Waals surface area contributed by atoms with Gasteiger partial charge in [0.1, 0.15) is 0 Å². The predicted molar refractivity (Wildman–Crippen MR) is 281 cm³/mol. The van der Waals surface area contributed by atoms with E-state index in [-0.39, 0.29) is 43.2 Å². The summed E-state index contributed by atoms with van der Waals surface area (Å²) in [6.45, 7) is 12.8. The van der Waals surface area contributed by atoms with Crippen LogP contribution in [0, 0.1) is 92.1 Å². The van der Waals surface area contributed by atoms with Crippen molar-refractivity contribution in [3.8, 4) is 0 Å². The summed E-state index contributed by atoms with van der Waals surface area (Å²) in [6.07, 6.45) is 4.90. The second kappa shape index (κ2) is 39.8. The Morgan fingerprint density at radius 2 is 1.09 bits per heavy atom. The van der Waals surface area contributed by atoms with Crippen LogP contribution in [0.25, 0.3) is 17.0 Å². The Morgan fingerprint density at radius 3 is 1.39 bits per heavy atom. The topological polar surface area (TPSA) is 398 Å². The number of aliphatic hydroxyl groups is 1. The number of rotatable bonds is 9. The first kappa shape index (κ1) is 72.7. The molecule has 0 amide bonds. The number of methoxy groups -OCH3 is 2. The number of fused-ring (bicyclic) bond motifs is 1. The molecule has 0 fully saturated rings. The Hall–Kier alpha value is -7.80. The van der Waals surface area contributed by atoms with Crippen molar-refractivity contribution in [1.29, 1.82) is 0 Å². The molecule has 7 N–H and O–H groups in total. The zero-order valence-corrected chi connectivity index (χ0v) is 43.4. The summed E-state index contributed by atoms with van der Waals surface area (Å²) in [4.78, 5) is 55.1. The molecule has 0 aliphatic rings. The van der Waals surface area contributed by atoms with Crippen LogP contribution in [-0.4, -0.2) is 130 Å². The van der Waals surface area contributed by atoms with Gasteiger partial charge in [0.25, 0.3) is 27.8 Å². The van der Waals surface area contributed by atoms with Gasteiger partial charge < -0.3 is 35.4 Å². The zero-order chi connectivity index (χ0) is 58.6. The van der Waals surface area contributed by atoms with Crippen LogP contribution in [0.4, 0.5) is 32.8 Å². The molecule has 0 saturated heterocycles. The Labute approximate surface area is 430 Å². The lowest BCUT2D eigenvalue weighted by Crippen LogP contribution is -2.30.